The lowest BCUT2D eigenvalue weighted by atomic mass is 10.0. The number of sulfone groups is 1. The topological polar surface area (TPSA) is 73.9 Å². The normalized spacial score (nSPS) is 12.8. The van der Waals surface area contributed by atoms with E-state index in [1.165, 1.54) is 13.4 Å². The van der Waals surface area contributed by atoms with Gasteiger partial charge in [-0.3, -0.25) is 0 Å². The van der Waals surface area contributed by atoms with Crippen molar-refractivity contribution in [3.05, 3.63) is 17.7 Å². The predicted molar refractivity (Wildman–Crippen MR) is 82.2 cm³/mol. The molecule has 0 radical (unpaired) electrons. The fourth-order valence-corrected chi connectivity index (χ4v) is 2.85. The van der Waals surface area contributed by atoms with E-state index in [4.69, 9.17) is 14.2 Å². The summed E-state index contributed by atoms with van der Waals surface area (Å²) in [5.74, 6) is 1.70. The minimum absolute atomic E-state index is 0.0933. The number of rotatable bonds is 8. The highest BCUT2D eigenvalue weighted by Gasteiger charge is 2.22. The van der Waals surface area contributed by atoms with Gasteiger partial charge in [-0.05, 0) is 25.6 Å². The average molecular weight is 317 g/mol. The van der Waals surface area contributed by atoms with Gasteiger partial charge in [-0.2, -0.15) is 0 Å². The number of benzene rings is 1. The maximum absolute atomic E-state index is 11.4. The van der Waals surface area contributed by atoms with Gasteiger partial charge in [0.15, 0.2) is 11.5 Å². The standard InChI is InChI=1S/C14H23NO5S/c1-15-11(8-9-21(5,16)17)10-6-7-12(18-2)14(20-4)13(10)19-3/h6-7,11,15H,8-9H2,1-5H3. The molecular formula is C14H23NO5S. The lowest BCUT2D eigenvalue weighted by Crippen LogP contribution is -2.20. The quantitative estimate of drug-likeness (QED) is 0.781. The van der Waals surface area contributed by atoms with E-state index in [0.29, 0.717) is 23.7 Å². The first-order valence-electron chi connectivity index (χ1n) is 6.51. The van der Waals surface area contributed by atoms with Gasteiger partial charge >= 0.3 is 0 Å². The highest BCUT2D eigenvalue weighted by Crippen LogP contribution is 2.42. The summed E-state index contributed by atoms with van der Waals surface area (Å²) >= 11 is 0. The number of ether oxygens (including phenoxy) is 3. The first-order chi connectivity index (χ1) is 9.87. The van der Waals surface area contributed by atoms with Crippen LogP contribution < -0.4 is 19.5 Å². The van der Waals surface area contributed by atoms with Gasteiger partial charge in [-0.1, -0.05) is 0 Å². The largest absolute Gasteiger partial charge is 0.493 e. The molecule has 0 aliphatic rings. The van der Waals surface area contributed by atoms with Gasteiger partial charge in [0.25, 0.3) is 0 Å². The molecule has 0 aliphatic carbocycles. The highest BCUT2D eigenvalue weighted by molar-refractivity contribution is 7.90. The molecule has 0 heterocycles. The fourth-order valence-electron chi connectivity index (χ4n) is 2.19. The van der Waals surface area contributed by atoms with Gasteiger partial charge in [0.1, 0.15) is 9.84 Å². The van der Waals surface area contributed by atoms with Crippen molar-refractivity contribution in [1.29, 1.82) is 0 Å². The van der Waals surface area contributed by atoms with Gasteiger partial charge in [0, 0.05) is 17.9 Å². The minimum atomic E-state index is -3.02. The van der Waals surface area contributed by atoms with E-state index in [9.17, 15) is 8.42 Å². The van der Waals surface area contributed by atoms with E-state index in [2.05, 4.69) is 5.32 Å². The number of hydrogen-bond donors (Lipinski definition) is 1. The second-order valence-corrected chi connectivity index (χ2v) is 6.94. The Morgan fingerprint density at radius 2 is 1.71 bits per heavy atom. The molecule has 1 rings (SSSR count). The van der Waals surface area contributed by atoms with Crippen LogP contribution in [0.3, 0.4) is 0 Å². The van der Waals surface area contributed by atoms with Crippen molar-refractivity contribution in [2.45, 2.75) is 12.5 Å². The van der Waals surface area contributed by atoms with E-state index >= 15 is 0 Å². The minimum Gasteiger partial charge on any atom is -0.493 e. The summed E-state index contributed by atoms with van der Waals surface area (Å²) in [5.41, 5.74) is 0.835. The molecule has 1 atom stereocenters. The molecule has 1 N–H and O–H groups in total. The summed E-state index contributed by atoms with van der Waals surface area (Å²) in [6.45, 7) is 0. The molecule has 0 spiro atoms. The van der Waals surface area contributed by atoms with Gasteiger partial charge in [0.05, 0.1) is 27.1 Å². The number of hydrogen-bond acceptors (Lipinski definition) is 6. The van der Waals surface area contributed by atoms with E-state index in [-0.39, 0.29) is 11.8 Å². The van der Waals surface area contributed by atoms with Crippen LogP contribution in [-0.4, -0.2) is 48.8 Å². The van der Waals surface area contributed by atoms with E-state index in [1.807, 2.05) is 6.07 Å². The monoisotopic (exact) mass is 317 g/mol. The Hall–Kier alpha value is -1.47. The Morgan fingerprint density at radius 3 is 2.14 bits per heavy atom. The molecule has 7 heteroatoms. The van der Waals surface area contributed by atoms with Crippen LogP contribution in [0.15, 0.2) is 12.1 Å². The van der Waals surface area contributed by atoms with Crippen molar-refractivity contribution in [2.24, 2.45) is 0 Å². The lowest BCUT2D eigenvalue weighted by molar-refractivity contribution is 0.319. The first-order valence-corrected chi connectivity index (χ1v) is 8.57. The van der Waals surface area contributed by atoms with Crippen molar-refractivity contribution >= 4 is 9.84 Å². The first kappa shape index (κ1) is 17.6. The molecule has 6 nitrogen and oxygen atoms in total. The summed E-state index contributed by atoms with van der Waals surface area (Å²) in [4.78, 5) is 0. The second kappa shape index (κ2) is 7.51. The van der Waals surface area contributed by atoms with Crippen molar-refractivity contribution < 1.29 is 22.6 Å². The Labute approximate surface area is 126 Å². The van der Waals surface area contributed by atoms with Gasteiger partial charge in [0.2, 0.25) is 5.75 Å². The summed E-state index contributed by atoms with van der Waals surface area (Å²) < 4.78 is 38.7. The van der Waals surface area contributed by atoms with Gasteiger partial charge in [-0.25, -0.2) is 8.42 Å². The third kappa shape index (κ3) is 4.50. The molecule has 0 aliphatic heterocycles. The van der Waals surface area contributed by atoms with Crippen LogP contribution in [-0.2, 0) is 9.84 Å². The maximum Gasteiger partial charge on any atom is 0.203 e. The third-order valence-electron chi connectivity index (χ3n) is 3.24. The Morgan fingerprint density at radius 1 is 1.10 bits per heavy atom. The Bertz CT molecular complexity index is 571. The van der Waals surface area contributed by atoms with Crippen LogP contribution >= 0.6 is 0 Å². The van der Waals surface area contributed by atoms with Crippen LogP contribution in [0.2, 0.25) is 0 Å². The molecule has 1 aromatic rings. The molecule has 120 valence electrons. The van der Waals surface area contributed by atoms with Crippen molar-refractivity contribution in [3.63, 3.8) is 0 Å². The molecule has 0 aromatic heterocycles. The molecule has 21 heavy (non-hydrogen) atoms. The third-order valence-corrected chi connectivity index (χ3v) is 4.21. The van der Waals surface area contributed by atoms with Crippen LogP contribution in [0.5, 0.6) is 17.2 Å². The summed E-state index contributed by atoms with van der Waals surface area (Å²) in [6, 6.07) is 3.47. The van der Waals surface area contributed by atoms with Crippen molar-refractivity contribution in [3.8, 4) is 17.2 Å². The van der Waals surface area contributed by atoms with Crippen LogP contribution in [0, 0.1) is 0 Å². The number of methoxy groups -OCH3 is 3. The van der Waals surface area contributed by atoms with E-state index in [1.54, 1.807) is 27.3 Å². The maximum atomic E-state index is 11.4. The molecule has 1 unspecified atom stereocenters. The molecule has 0 fully saturated rings. The predicted octanol–water partition coefficient (Wildman–Crippen LogP) is 1.41. The van der Waals surface area contributed by atoms with Gasteiger partial charge in [-0.15, -0.1) is 0 Å². The zero-order valence-corrected chi connectivity index (χ0v) is 13.9. The summed E-state index contributed by atoms with van der Waals surface area (Å²) in [6.07, 6.45) is 1.67. The highest BCUT2D eigenvalue weighted by atomic mass is 32.2. The molecular weight excluding hydrogens is 294 g/mol. The smallest absolute Gasteiger partial charge is 0.203 e. The van der Waals surface area contributed by atoms with Crippen LogP contribution in [0.1, 0.15) is 18.0 Å². The Balaban J connectivity index is 3.20. The van der Waals surface area contributed by atoms with E-state index in [0.717, 1.165) is 5.56 Å². The lowest BCUT2D eigenvalue weighted by Gasteiger charge is -2.22. The van der Waals surface area contributed by atoms with Crippen molar-refractivity contribution in [2.75, 3.05) is 40.4 Å². The molecule has 0 saturated heterocycles. The van der Waals surface area contributed by atoms with Crippen molar-refractivity contribution in [1.82, 2.24) is 5.32 Å². The number of nitrogens with one attached hydrogen (secondary N) is 1. The molecule has 0 amide bonds. The Kier molecular flexibility index (Phi) is 6.29. The molecule has 1 aromatic carbocycles. The van der Waals surface area contributed by atoms with Crippen LogP contribution in [0.25, 0.3) is 0 Å². The SMILES string of the molecule is CNC(CCS(C)(=O)=O)c1ccc(OC)c(OC)c1OC. The van der Waals surface area contributed by atoms with Crippen LogP contribution in [0.4, 0.5) is 0 Å². The summed E-state index contributed by atoms with van der Waals surface area (Å²) in [7, 11) is 3.39. The zero-order chi connectivity index (χ0) is 16.0. The molecule has 0 bridgehead atoms. The van der Waals surface area contributed by atoms with Gasteiger partial charge < -0.3 is 19.5 Å². The zero-order valence-electron chi connectivity index (χ0n) is 13.1. The fraction of sp³-hybridized carbons (Fsp3) is 0.571. The second-order valence-electron chi connectivity index (χ2n) is 4.68. The summed E-state index contributed by atoms with van der Waals surface area (Å²) in [5, 5.41) is 3.11. The molecule has 0 saturated carbocycles. The van der Waals surface area contributed by atoms with E-state index < -0.39 is 9.84 Å². The average Bonchev–Trinajstić information content (AvgIpc) is 2.45.